The summed E-state index contributed by atoms with van der Waals surface area (Å²) in [5.74, 6) is -0.509. The molecule has 31 heavy (non-hydrogen) atoms. The van der Waals surface area contributed by atoms with Crippen LogP contribution >= 0.6 is 23.2 Å². The van der Waals surface area contributed by atoms with Crippen LogP contribution in [0.1, 0.15) is 5.56 Å². The van der Waals surface area contributed by atoms with Crippen molar-refractivity contribution in [2.45, 2.75) is 11.4 Å². The Hall–Kier alpha value is -2.58. The van der Waals surface area contributed by atoms with Crippen molar-refractivity contribution in [1.82, 2.24) is 9.29 Å². The third kappa shape index (κ3) is 4.27. The number of hydrogen-bond acceptors (Lipinski definition) is 4. The molecule has 0 aliphatic carbocycles. The van der Waals surface area contributed by atoms with Crippen LogP contribution in [0.25, 0.3) is 10.9 Å². The molecular weight excluding hydrogens is 460 g/mol. The monoisotopic (exact) mass is 477 g/mol. The van der Waals surface area contributed by atoms with Crippen molar-refractivity contribution in [3.63, 3.8) is 0 Å². The van der Waals surface area contributed by atoms with Crippen molar-refractivity contribution < 1.29 is 12.8 Å². The number of anilines is 2. The van der Waals surface area contributed by atoms with Gasteiger partial charge in [0.25, 0.3) is 10.0 Å². The normalized spacial score (nSPS) is 11.7. The van der Waals surface area contributed by atoms with Gasteiger partial charge < -0.3 is 10.6 Å². The summed E-state index contributed by atoms with van der Waals surface area (Å²) in [5.41, 5.74) is 2.04. The first kappa shape index (κ1) is 21.6. The van der Waals surface area contributed by atoms with Crippen LogP contribution in [0.2, 0.25) is 10.0 Å². The van der Waals surface area contributed by atoms with Gasteiger partial charge in [0.15, 0.2) is 0 Å². The fraction of sp³-hybridized carbons (Fsp3) is 0.0909. The molecule has 0 amide bonds. The van der Waals surface area contributed by atoms with Gasteiger partial charge >= 0.3 is 0 Å². The van der Waals surface area contributed by atoms with Gasteiger partial charge in [0.05, 0.1) is 16.1 Å². The first-order valence-corrected chi connectivity index (χ1v) is 11.5. The molecule has 0 unspecified atom stereocenters. The zero-order valence-corrected chi connectivity index (χ0v) is 18.7. The summed E-state index contributed by atoms with van der Waals surface area (Å²) in [5, 5.41) is 7.41. The predicted molar refractivity (Wildman–Crippen MR) is 123 cm³/mol. The molecule has 160 valence electrons. The SMILES string of the molecule is CNCc1cn(S(=O)(=O)c2cccc(Cl)c2)c2cc(Nc3ccc(Cl)cc3F)ccc12. The van der Waals surface area contributed by atoms with Crippen LogP contribution in [0.4, 0.5) is 15.8 Å². The lowest BCUT2D eigenvalue weighted by atomic mass is 10.1. The Morgan fingerprint density at radius 1 is 1.00 bits per heavy atom. The van der Waals surface area contributed by atoms with Crippen molar-refractivity contribution >= 4 is 55.5 Å². The third-order valence-electron chi connectivity index (χ3n) is 4.78. The van der Waals surface area contributed by atoms with E-state index in [4.69, 9.17) is 23.2 Å². The van der Waals surface area contributed by atoms with Crippen LogP contribution in [0.15, 0.2) is 71.8 Å². The first-order chi connectivity index (χ1) is 14.8. The van der Waals surface area contributed by atoms with E-state index in [1.165, 1.54) is 28.2 Å². The summed E-state index contributed by atoms with van der Waals surface area (Å²) in [4.78, 5) is 0.0787. The average Bonchev–Trinajstić information content (AvgIpc) is 3.09. The average molecular weight is 478 g/mol. The second-order valence-corrected chi connectivity index (χ2v) is 9.61. The molecule has 0 aliphatic heterocycles. The Kier molecular flexibility index (Phi) is 5.94. The second-order valence-electron chi connectivity index (χ2n) is 6.92. The van der Waals surface area contributed by atoms with Gasteiger partial charge in [-0.1, -0.05) is 35.3 Å². The fourth-order valence-corrected chi connectivity index (χ4v) is 5.20. The molecule has 0 saturated heterocycles. The Morgan fingerprint density at radius 2 is 1.77 bits per heavy atom. The Morgan fingerprint density at radius 3 is 2.48 bits per heavy atom. The number of aromatic nitrogens is 1. The van der Waals surface area contributed by atoms with Gasteiger partial charge in [0.1, 0.15) is 5.82 Å². The van der Waals surface area contributed by atoms with E-state index in [9.17, 15) is 12.8 Å². The van der Waals surface area contributed by atoms with E-state index in [-0.39, 0.29) is 15.6 Å². The number of fused-ring (bicyclic) bond motifs is 1. The standard InChI is InChI=1S/C22H18Cl2FN3O2S/c1-26-12-14-13-28(31(29,30)18-4-2-3-15(23)9-18)22-11-17(6-7-19(14)22)27-21-8-5-16(24)10-20(21)25/h2-11,13,26-27H,12H2,1H3. The highest BCUT2D eigenvalue weighted by atomic mass is 35.5. The van der Waals surface area contributed by atoms with E-state index >= 15 is 0 Å². The molecular formula is C22H18Cl2FN3O2S. The molecule has 0 atom stereocenters. The van der Waals surface area contributed by atoms with E-state index in [0.717, 1.165) is 10.9 Å². The summed E-state index contributed by atoms with van der Waals surface area (Å²) in [6.45, 7) is 0.479. The molecule has 0 aliphatic rings. The number of nitrogens with zero attached hydrogens (tertiary/aromatic N) is 1. The van der Waals surface area contributed by atoms with Gasteiger partial charge in [-0.2, -0.15) is 0 Å². The molecule has 0 saturated carbocycles. The molecule has 0 fully saturated rings. The number of halogens is 3. The summed E-state index contributed by atoms with van der Waals surface area (Å²) in [6, 6.07) is 15.7. The summed E-state index contributed by atoms with van der Waals surface area (Å²) >= 11 is 11.8. The second kappa shape index (κ2) is 8.51. The molecule has 1 aromatic heterocycles. The highest BCUT2D eigenvalue weighted by Gasteiger charge is 2.22. The van der Waals surface area contributed by atoms with Crippen LogP contribution < -0.4 is 10.6 Å². The largest absolute Gasteiger partial charge is 0.353 e. The molecule has 0 radical (unpaired) electrons. The zero-order chi connectivity index (χ0) is 22.2. The van der Waals surface area contributed by atoms with Crippen LogP contribution in [0.3, 0.4) is 0 Å². The topological polar surface area (TPSA) is 63.1 Å². The molecule has 1 heterocycles. The highest BCUT2D eigenvalue weighted by Crippen LogP contribution is 2.31. The number of rotatable bonds is 6. The zero-order valence-electron chi connectivity index (χ0n) is 16.4. The van der Waals surface area contributed by atoms with Gasteiger partial charge in [-0.3, -0.25) is 0 Å². The van der Waals surface area contributed by atoms with E-state index in [0.29, 0.717) is 22.8 Å². The maximum atomic E-state index is 14.2. The lowest BCUT2D eigenvalue weighted by Crippen LogP contribution is -2.12. The quantitative estimate of drug-likeness (QED) is 0.369. The van der Waals surface area contributed by atoms with Crippen LogP contribution in [0, 0.1) is 5.82 Å². The minimum Gasteiger partial charge on any atom is -0.353 e. The first-order valence-electron chi connectivity index (χ1n) is 9.31. The molecule has 4 rings (SSSR count). The van der Waals surface area contributed by atoms with Crippen molar-refractivity contribution in [2.24, 2.45) is 0 Å². The predicted octanol–water partition coefficient (Wildman–Crippen LogP) is 5.79. The van der Waals surface area contributed by atoms with E-state index in [1.807, 2.05) is 6.07 Å². The number of nitrogens with one attached hydrogen (secondary N) is 2. The molecule has 4 aromatic rings. The van der Waals surface area contributed by atoms with Gasteiger partial charge in [0.2, 0.25) is 0 Å². The lowest BCUT2D eigenvalue weighted by Gasteiger charge is -2.11. The maximum absolute atomic E-state index is 14.2. The molecule has 3 aromatic carbocycles. The van der Waals surface area contributed by atoms with Gasteiger partial charge in [-0.05, 0) is 61.1 Å². The molecule has 9 heteroatoms. The van der Waals surface area contributed by atoms with Gasteiger partial charge in [0, 0.05) is 33.9 Å². The van der Waals surface area contributed by atoms with Crippen molar-refractivity contribution in [3.05, 3.63) is 88.3 Å². The fourth-order valence-electron chi connectivity index (χ4n) is 3.36. The van der Waals surface area contributed by atoms with Gasteiger partial charge in [-0.25, -0.2) is 16.8 Å². The third-order valence-corrected chi connectivity index (χ3v) is 6.92. The van der Waals surface area contributed by atoms with Crippen LogP contribution in [0.5, 0.6) is 0 Å². The Labute approximate surface area is 189 Å². The molecule has 0 bridgehead atoms. The highest BCUT2D eigenvalue weighted by molar-refractivity contribution is 7.90. The summed E-state index contributed by atoms with van der Waals surface area (Å²) in [6.07, 6.45) is 1.59. The Bertz CT molecular complexity index is 1390. The molecule has 0 spiro atoms. The molecule has 2 N–H and O–H groups in total. The summed E-state index contributed by atoms with van der Waals surface area (Å²) in [7, 11) is -2.12. The number of hydrogen-bond donors (Lipinski definition) is 2. The van der Waals surface area contributed by atoms with Gasteiger partial charge in [-0.15, -0.1) is 0 Å². The van der Waals surface area contributed by atoms with Crippen LogP contribution in [-0.2, 0) is 16.6 Å². The Balaban J connectivity index is 1.85. The smallest absolute Gasteiger partial charge is 0.268 e. The van der Waals surface area contributed by atoms with E-state index < -0.39 is 15.8 Å². The van der Waals surface area contributed by atoms with Crippen LogP contribution in [-0.4, -0.2) is 19.4 Å². The minimum absolute atomic E-state index is 0.0787. The van der Waals surface area contributed by atoms with E-state index in [1.54, 1.807) is 43.6 Å². The van der Waals surface area contributed by atoms with Crippen molar-refractivity contribution in [2.75, 3.05) is 12.4 Å². The molecule has 5 nitrogen and oxygen atoms in total. The van der Waals surface area contributed by atoms with Crippen molar-refractivity contribution in [1.29, 1.82) is 0 Å². The number of benzene rings is 3. The lowest BCUT2D eigenvalue weighted by molar-refractivity contribution is 0.589. The maximum Gasteiger partial charge on any atom is 0.268 e. The van der Waals surface area contributed by atoms with Crippen molar-refractivity contribution in [3.8, 4) is 0 Å². The summed E-state index contributed by atoms with van der Waals surface area (Å²) < 4.78 is 42.2. The minimum atomic E-state index is -3.90. The van der Waals surface area contributed by atoms with E-state index in [2.05, 4.69) is 10.6 Å².